The van der Waals surface area contributed by atoms with Gasteiger partial charge in [0, 0.05) is 24.5 Å². The van der Waals surface area contributed by atoms with Crippen LogP contribution in [0.25, 0.3) is 0 Å². The second-order valence-electron chi connectivity index (χ2n) is 5.54. The van der Waals surface area contributed by atoms with Crippen LogP contribution in [0.3, 0.4) is 0 Å². The van der Waals surface area contributed by atoms with Crippen molar-refractivity contribution >= 4 is 46.0 Å². The molecule has 0 heterocycles. The quantitative estimate of drug-likeness (QED) is 0.398. The van der Waals surface area contributed by atoms with Gasteiger partial charge >= 0.3 is 0 Å². The molecule has 2 rings (SSSR count). The molecule has 0 aliphatic rings. The lowest BCUT2D eigenvalue weighted by Crippen LogP contribution is -2.46. The highest BCUT2D eigenvalue weighted by Crippen LogP contribution is 2.05. The third kappa shape index (κ3) is 7.32. The summed E-state index contributed by atoms with van der Waals surface area (Å²) in [5, 5.41) is 32.5. The molecule has 0 fully saturated rings. The molecule has 6 N–H and O–H groups in total. The van der Waals surface area contributed by atoms with E-state index in [2.05, 4.69) is 21.3 Å². The van der Waals surface area contributed by atoms with E-state index in [0.717, 1.165) is 11.4 Å². The first-order chi connectivity index (χ1) is 12.5. The highest BCUT2D eigenvalue weighted by atomic mass is 32.1. The Kier molecular flexibility index (Phi) is 8.23. The summed E-state index contributed by atoms with van der Waals surface area (Å²) < 4.78 is 0. The first-order valence-electron chi connectivity index (χ1n) is 8.10. The summed E-state index contributed by atoms with van der Waals surface area (Å²) in [6.07, 6.45) is -2.00. The van der Waals surface area contributed by atoms with E-state index >= 15 is 0 Å². The van der Waals surface area contributed by atoms with Crippen molar-refractivity contribution in [3.8, 4) is 0 Å². The van der Waals surface area contributed by atoms with E-state index in [1.807, 2.05) is 60.7 Å². The standard InChI is InChI=1S/C18H22N4O2S2/c23-15(11-19-17(25)21-13-7-3-1-4-8-13)16(24)12-20-18(26)22-14-9-5-2-6-10-14/h1-10,15-16,23-24H,11-12H2,(H2,19,21,25)(H2,20,22,26)/t15-,16-/m0/s1. The van der Waals surface area contributed by atoms with Gasteiger partial charge in [0.25, 0.3) is 0 Å². The Morgan fingerprint density at radius 3 is 1.38 bits per heavy atom. The minimum atomic E-state index is -1.00. The van der Waals surface area contributed by atoms with Gasteiger partial charge < -0.3 is 31.5 Å². The normalized spacial score (nSPS) is 12.5. The van der Waals surface area contributed by atoms with E-state index in [1.54, 1.807) is 0 Å². The van der Waals surface area contributed by atoms with Crippen molar-refractivity contribution in [1.29, 1.82) is 0 Å². The van der Waals surface area contributed by atoms with Gasteiger partial charge in [-0.05, 0) is 48.7 Å². The second kappa shape index (κ2) is 10.7. The number of hydrogen-bond acceptors (Lipinski definition) is 4. The fraction of sp³-hybridized carbons (Fsp3) is 0.222. The predicted molar refractivity (Wildman–Crippen MR) is 113 cm³/mol. The number of para-hydroxylation sites is 2. The Morgan fingerprint density at radius 1 is 0.692 bits per heavy atom. The summed E-state index contributed by atoms with van der Waals surface area (Å²) >= 11 is 10.3. The van der Waals surface area contributed by atoms with Crippen LogP contribution in [0.1, 0.15) is 0 Å². The third-order valence-corrected chi connectivity index (χ3v) is 3.94. The molecule has 0 radical (unpaired) electrons. The van der Waals surface area contributed by atoms with Gasteiger partial charge in [-0.3, -0.25) is 0 Å². The van der Waals surface area contributed by atoms with Crippen LogP contribution in [0, 0.1) is 0 Å². The van der Waals surface area contributed by atoms with Gasteiger partial charge in [-0.2, -0.15) is 0 Å². The maximum absolute atomic E-state index is 10.0. The summed E-state index contributed by atoms with van der Waals surface area (Å²) in [5.74, 6) is 0. The smallest absolute Gasteiger partial charge is 0.170 e. The van der Waals surface area contributed by atoms with Crippen LogP contribution in [-0.4, -0.2) is 45.7 Å². The lowest BCUT2D eigenvalue weighted by molar-refractivity contribution is 0.0262. The van der Waals surface area contributed by atoms with E-state index in [-0.39, 0.29) is 13.1 Å². The molecule has 138 valence electrons. The number of aliphatic hydroxyl groups is 2. The number of benzene rings is 2. The van der Waals surface area contributed by atoms with Crippen molar-refractivity contribution in [3.05, 3.63) is 60.7 Å². The summed E-state index contributed by atoms with van der Waals surface area (Å²) in [4.78, 5) is 0. The molecule has 26 heavy (non-hydrogen) atoms. The van der Waals surface area contributed by atoms with Gasteiger partial charge in [-0.25, -0.2) is 0 Å². The first-order valence-corrected chi connectivity index (χ1v) is 8.92. The van der Waals surface area contributed by atoms with E-state index < -0.39 is 12.2 Å². The largest absolute Gasteiger partial charge is 0.389 e. The zero-order chi connectivity index (χ0) is 18.8. The maximum Gasteiger partial charge on any atom is 0.170 e. The molecule has 0 amide bonds. The van der Waals surface area contributed by atoms with Crippen LogP contribution in [-0.2, 0) is 0 Å². The molecule has 2 aromatic carbocycles. The zero-order valence-electron chi connectivity index (χ0n) is 14.1. The summed E-state index contributed by atoms with van der Waals surface area (Å²) in [7, 11) is 0. The van der Waals surface area contributed by atoms with Crippen molar-refractivity contribution in [3.63, 3.8) is 0 Å². The number of nitrogens with one attached hydrogen (secondary N) is 4. The highest BCUT2D eigenvalue weighted by Gasteiger charge is 2.16. The molecule has 8 heteroatoms. The van der Waals surface area contributed by atoms with E-state index in [4.69, 9.17) is 24.4 Å². The highest BCUT2D eigenvalue weighted by molar-refractivity contribution is 7.80. The number of hydrogen-bond donors (Lipinski definition) is 6. The van der Waals surface area contributed by atoms with Gasteiger partial charge in [0.05, 0.1) is 12.2 Å². The zero-order valence-corrected chi connectivity index (χ0v) is 15.7. The summed E-state index contributed by atoms with van der Waals surface area (Å²) in [5.41, 5.74) is 1.69. The van der Waals surface area contributed by atoms with Crippen LogP contribution in [0.5, 0.6) is 0 Å². The van der Waals surface area contributed by atoms with Crippen LogP contribution in [0.2, 0.25) is 0 Å². The summed E-state index contributed by atoms with van der Waals surface area (Å²) in [6.45, 7) is 0.223. The third-order valence-electron chi connectivity index (χ3n) is 3.45. The van der Waals surface area contributed by atoms with Gasteiger partial charge in [-0.1, -0.05) is 36.4 Å². The molecule has 0 unspecified atom stereocenters. The molecule has 0 saturated heterocycles. The van der Waals surface area contributed by atoms with Crippen molar-refractivity contribution in [2.24, 2.45) is 0 Å². The van der Waals surface area contributed by atoms with E-state index in [0.29, 0.717) is 10.2 Å². The Labute approximate surface area is 163 Å². The Hall–Kier alpha value is -2.26. The van der Waals surface area contributed by atoms with Crippen LogP contribution < -0.4 is 21.3 Å². The molecular formula is C18H22N4O2S2. The van der Waals surface area contributed by atoms with Crippen molar-refractivity contribution in [2.75, 3.05) is 23.7 Å². The number of aliphatic hydroxyl groups excluding tert-OH is 2. The molecule has 0 aromatic heterocycles. The van der Waals surface area contributed by atoms with Gasteiger partial charge in [-0.15, -0.1) is 0 Å². The minimum absolute atomic E-state index is 0.111. The lowest BCUT2D eigenvalue weighted by atomic mass is 10.2. The van der Waals surface area contributed by atoms with Crippen molar-refractivity contribution < 1.29 is 10.2 Å². The maximum atomic E-state index is 10.0. The summed E-state index contributed by atoms with van der Waals surface area (Å²) in [6, 6.07) is 18.9. The molecular weight excluding hydrogens is 368 g/mol. The van der Waals surface area contributed by atoms with Crippen LogP contribution in [0.15, 0.2) is 60.7 Å². The second-order valence-corrected chi connectivity index (χ2v) is 6.35. The number of rotatable bonds is 7. The van der Waals surface area contributed by atoms with Crippen LogP contribution in [0.4, 0.5) is 11.4 Å². The Bertz CT molecular complexity index is 639. The van der Waals surface area contributed by atoms with Crippen molar-refractivity contribution in [1.82, 2.24) is 10.6 Å². The van der Waals surface area contributed by atoms with E-state index in [9.17, 15) is 10.2 Å². The molecule has 0 saturated carbocycles. The molecule has 0 aliphatic heterocycles. The fourth-order valence-electron chi connectivity index (χ4n) is 2.06. The average Bonchev–Trinajstić information content (AvgIpc) is 2.65. The first kappa shape index (κ1) is 20.1. The Balaban J connectivity index is 1.66. The minimum Gasteiger partial charge on any atom is -0.389 e. The topological polar surface area (TPSA) is 88.6 Å². The number of thiocarbonyl (C=S) groups is 2. The number of anilines is 2. The molecule has 0 bridgehead atoms. The SMILES string of the molecule is O[C@@H](CNC(=S)Nc1ccccc1)[C@@H](O)CNC(=S)Nc1ccccc1. The molecule has 0 spiro atoms. The van der Waals surface area contributed by atoms with Crippen LogP contribution >= 0.6 is 24.4 Å². The average molecular weight is 391 g/mol. The lowest BCUT2D eigenvalue weighted by Gasteiger charge is -2.20. The monoisotopic (exact) mass is 390 g/mol. The predicted octanol–water partition coefficient (Wildman–Crippen LogP) is 1.68. The molecule has 6 nitrogen and oxygen atoms in total. The van der Waals surface area contributed by atoms with Gasteiger partial charge in [0.1, 0.15) is 0 Å². The van der Waals surface area contributed by atoms with Gasteiger partial charge in [0.2, 0.25) is 0 Å². The van der Waals surface area contributed by atoms with Gasteiger partial charge in [0.15, 0.2) is 10.2 Å². The Morgan fingerprint density at radius 2 is 1.04 bits per heavy atom. The molecule has 0 aliphatic carbocycles. The molecule has 2 atom stereocenters. The fourth-order valence-corrected chi connectivity index (χ4v) is 2.46. The van der Waals surface area contributed by atoms with Crippen molar-refractivity contribution in [2.45, 2.75) is 12.2 Å². The van der Waals surface area contributed by atoms with E-state index in [1.165, 1.54) is 0 Å². The molecule has 2 aromatic rings.